The molecule has 1 aromatic carbocycles. The predicted molar refractivity (Wildman–Crippen MR) is 75.9 cm³/mol. The van der Waals surface area contributed by atoms with E-state index in [0.717, 1.165) is 21.4 Å². The molecule has 1 aromatic heterocycles. The fraction of sp³-hybridized carbons (Fsp3) is 0.200. The van der Waals surface area contributed by atoms with Crippen molar-refractivity contribution < 1.29 is 4.79 Å². The molecule has 0 N–H and O–H groups in total. The van der Waals surface area contributed by atoms with Gasteiger partial charge in [0.2, 0.25) is 0 Å². The van der Waals surface area contributed by atoms with Gasteiger partial charge in [-0.15, -0.1) is 0 Å². The highest BCUT2D eigenvalue weighted by molar-refractivity contribution is 9.10. The van der Waals surface area contributed by atoms with E-state index in [1.165, 1.54) is 0 Å². The first-order valence-corrected chi connectivity index (χ1v) is 6.57. The molecule has 2 aromatic rings. The Hall–Kier alpha value is -1.48. The van der Waals surface area contributed by atoms with Gasteiger partial charge in [-0.3, -0.25) is 9.78 Å². The first-order chi connectivity index (χ1) is 8.56. The Balaban J connectivity index is 2.19. The summed E-state index contributed by atoms with van der Waals surface area (Å²) in [5.74, 6) is 0.113. The lowest BCUT2D eigenvalue weighted by Crippen LogP contribution is -2.07. The highest BCUT2D eigenvalue weighted by Gasteiger charge is 2.10. The fourth-order valence-corrected chi connectivity index (χ4v) is 2.13. The molecule has 0 saturated carbocycles. The zero-order chi connectivity index (χ0) is 13.1. The van der Waals surface area contributed by atoms with Gasteiger partial charge in [-0.1, -0.05) is 28.1 Å². The third kappa shape index (κ3) is 3.05. The van der Waals surface area contributed by atoms with Gasteiger partial charge in [-0.2, -0.15) is 0 Å². The predicted octanol–water partition coefficient (Wildman–Crippen LogP) is 3.89. The summed E-state index contributed by atoms with van der Waals surface area (Å²) in [5.41, 5.74) is 3.47. The zero-order valence-corrected chi connectivity index (χ0v) is 12.0. The second-order valence-electron chi connectivity index (χ2n) is 4.31. The van der Waals surface area contributed by atoms with E-state index in [-0.39, 0.29) is 5.78 Å². The summed E-state index contributed by atoms with van der Waals surface area (Å²) in [6.07, 6.45) is 0.416. The number of aromatic nitrogens is 1. The van der Waals surface area contributed by atoms with Crippen LogP contribution in [-0.4, -0.2) is 10.8 Å². The monoisotopic (exact) mass is 303 g/mol. The molecule has 2 rings (SSSR count). The molecule has 0 radical (unpaired) electrons. The van der Waals surface area contributed by atoms with Crippen LogP contribution in [0.2, 0.25) is 0 Å². The first-order valence-electron chi connectivity index (χ1n) is 5.78. The van der Waals surface area contributed by atoms with Crippen LogP contribution in [-0.2, 0) is 6.42 Å². The molecule has 1 heterocycles. The summed E-state index contributed by atoms with van der Waals surface area (Å²) in [5, 5.41) is 0. The van der Waals surface area contributed by atoms with Crippen LogP contribution in [0.5, 0.6) is 0 Å². The first kappa shape index (κ1) is 13.0. The Morgan fingerprint density at radius 1 is 1.11 bits per heavy atom. The van der Waals surface area contributed by atoms with Crippen LogP contribution in [0.3, 0.4) is 0 Å². The molecular formula is C15H14BrNO. The molecule has 18 heavy (non-hydrogen) atoms. The van der Waals surface area contributed by atoms with Crippen LogP contribution >= 0.6 is 15.9 Å². The Morgan fingerprint density at radius 2 is 1.78 bits per heavy atom. The maximum atomic E-state index is 12.2. The van der Waals surface area contributed by atoms with E-state index in [2.05, 4.69) is 20.9 Å². The molecule has 2 nitrogen and oxygen atoms in total. The highest BCUT2D eigenvalue weighted by Crippen LogP contribution is 2.14. The molecule has 0 aliphatic rings. The van der Waals surface area contributed by atoms with Crippen LogP contribution in [0.4, 0.5) is 0 Å². The molecule has 0 bridgehead atoms. The molecule has 92 valence electrons. The van der Waals surface area contributed by atoms with Crippen molar-refractivity contribution in [2.45, 2.75) is 20.3 Å². The van der Waals surface area contributed by atoms with Gasteiger partial charge in [0.1, 0.15) is 0 Å². The van der Waals surface area contributed by atoms with E-state index >= 15 is 0 Å². The summed E-state index contributed by atoms with van der Waals surface area (Å²) in [7, 11) is 0. The van der Waals surface area contributed by atoms with E-state index in [1.807, 2.05) is 50.2 Å². The Kier molecular flexibility index (Phi) is 3.92. The molecule has 0 aliphatic heterocycles. The average Bonchev–Trinajstić information content (AvgIpc) is 2.32. The number of aryl methyl sites for hydroxylation is 2. The molecule has 0 fully saturated rings. The largest absolute Gasteiger partial charge is 0.294 e. The number of hydrogen-bond acceptors (Lipinski definition) is 2. The number of rotatable bonds is 3. The van der Waals surface area contributed by atoms with E-state index in [1.54, 1.807) is 0 Å². The smallest absolute Gasteiger partial charge is 0.169 e. The Bertz CT molecular complexity index is 576. The SMILES string of the molecule is Cc1ccc(C(=O)Cc2ccc(Br)cc2)c(C)n1. The number of nitrogens with zero attached hydrogens (tertiary/aromatic N) is 1. The van der Waals surface area contributed by atoms with Gasteiger partial charge < -0.3 is 0 Å². The third-order valence-corrected chi connectivity index (χ3v) is 3.33. The molecule has 0 atom stereocenters. The molecular weight excluding hydrogens is 290 g/mol. The van der Waals surface area contributed by atoms with Crippen molar-refractivity contribution in [1.82, 2.24) is 4.98 Å². The number of hydrogen-bond donors (Lipinski definition) is 0. The lowest BCUT2D eigenvalue weighted by molar-refractivity contribution is 0.0992. The molecule has 0 amide bonds. The van der Waals surface area contributed by atoms with Gasteiger partial charge in [0.05, 0.1) is 0 Å². The minimum Gasteiger partial charge on any atom is -0.294 e. The third-order valence-electron chi connectivity index (χ3n) is 2.80. The molecule has 0 unspecified atom stereocenters. The maximum Gasteiger partial charge on any atom is 0.169 e. The van der Waals surface area contributed by atoms with Gasteiger partial charge in [-0.25, -0.2) is 0 Å². The van der Waals surface area contributed by atoms with Crippen LogP contribution in [0.1, 0.15) is 27.3 Å². The van der Waals surface area contributed by atoms with Crippen molar-refractivity contribution in [1.29, 1.82) is 0 Å². The summed E-state index contributed by atoms with van der Waals surface area (Å²) in [4.78, 5) is 16.5. The van der Waals surface area contributed by atoms with Crippen molar-refractivity contribution in [2.75, 3.05) is 0 Å². The van der Waals surface area contributed by atoms with Gasteiger partial charge in [-0.05, 0) is 43.7 Å². The second-order valence-corrected chi connectivity index (χ2v) is 5.23. The quantitative estimate of drug-likeness (QED) is 0.805. The highest BCUT2D eigenvalue weighted by atomic mass is 79.9. The lowest BCUT2D eigenvalue weighted by atomic mass is 10.0. The molecule has 0 saturated heterocycles. The van der Waals surface area contributed by atoms with Gasteiger partial charge >= 0.3 is 0 Å². The van der Waals surface area contributed by atoms with Gasteiger partial charge in [0.25, 0.3) is 0 Å². The number of halogens is 1. The fourth-order valence-electron chi connectivity index (χ4n) is 1.86. The summed E-state index contributed by atoms with van der Waals surface area (Å²) < 4.78 is 1.02. The van der Waals surface area contributed by atoms with Crippen molar-refractivity contribution >= 4 is 21.7 Å². The average molecular weight is 304 g/mol. The number of pyridine rings is 1. The van der Waals surface area contributed by atoms with E-state index < -0.39 is 0 Å². The Labute approximate surface area is 115 Å². The van der Waals surface area contributed by atoms with Gasteiger partial charge in [0.15, 0.2) is 5.78 Å². The minimum absolute atomic E-state index is 0.113. The molecule has 3 heteroatoms. The van der Waals surface area contributed by atoms with E-state index in [0.29, 0.717) is 12.0 Å². The number of Topliss-reactive ketones (excluding diaryl/α,β-unsaturated/α-hetero) is 1. The summed E-state index contributed by atoms with van der Waals surface area (Å²) >= 11 is 3.38. The van der Waals surface area contributed by atoms with E-state index in [4.69, 9.17) is 0 Å². The molecule has 0 spiro atoms. The van der Waals surface area contributed by atoms with Gasteiger partial charge in [0, 0.05) is 27.8 Å². The minimum atomic E-state index is 0.113. The zero-order valence-electron chi connectivity index (χ0n) is 10.4. The topological polar surface area (TPSA) is 30.0 Å². The standard InChI is InChI=1S/C15H14BrNO/c1-10-3-8-14(11(2)17-10)15(18)9-12-4-6-13(16)7-5-12/h3-8H,9H2,1-2H3. The van der Waals surface area contributed by atoms with Crippen LogP contribution in [0.15, 0.2) is 40.9 Å². The van der Waals surface area contributed by atoms with Crippen molar-refractivity contribution in [3.05, 3.63) is 63.4 Å². The van der Waals surface area contributed by atoms with Crippen molar-refractivity contribution in [3.8, 4) is 0 Å². The molecule has 0 aliphatic carbocycles. The van der Waals surface area contributed by atoms with Crippen LogP contribution in [0.25, 0.3) is 0 Å². The maximum absolute atomic E-state index is 12.2. The number of carbonyl (C=O) groups excluding carboxylic acids is 1. The second kappa shape index (κ2) is 5.44. The normalized spacial score (nSPS) is 10.4. The van der Waals surface area contributed by atoms with Crippen molar-refractivity contribution in [2.24, 2.45) is 0 Å². The van der Waals surface area contributed by atoms with Crippen LogP contribution in [0, 0.1) is 13.8 Å². The Morgan fingerprint density at radius 3 is 2.39 bits per heavy atom. The lowest BCUT2D eigenvalue weighted by Gasteiger charge is -2.05. The summed E-state index contributed by atoms with van der Waals surface area (Å²) in [6, 6.07) is 11.5. The number of benzene rings is 1. The summed E-state index contributed by atoms with van der Waals surface area (Å²) in [6.45, 7) is 3.80. The van der Waals surface area contributed by atoms with Crippen molar-refractivity contribution in [3.63, 3.8) is 0 Å². The van der Waals surface area contributed by atoms with E-state index in [9.17, 15) is 4.79 Å². The van der Waals surface area contributed by atoms with Crippen LogP contribution < -0.4 is 0 Å². The number of carbonyl (C=O) groups is 1. The number of ketones is 1.